The third-order valence-electron chi connectivity index (χ3n) is 3.73. The molecule has 0 aromatic heterocycles. The van der Waals surface area contributed by atoms with Gasteiger partial charge in [-0.25, -0.2) is 13.2 Å². The molecule has 0 amide bonds. The molecule has 0 heterocycles. The summed E-state index contributed by atoms with van der Waals surface area (Å²) in [6.45, 7) is 3.51. The Morgan fingerprint density at radius 3 is 2.42 bits per heavy atom. The zero-order chi connectivity index (χ0) is 19.5. The van der Waals surface area contributed by atoms with Gasteiger partial charge in [-0.2, -0.15) is 0 Å². The lowest BCUT2D eigenvalue weighted by molar-refractivity contribution is -0.384. The van der Waals surface area contributed by atoms with Gasteiger partial charge in [-0.05, 0) is 49.2 Å². The normalized spacial score (nSPS) is 11.0. The Labute approximate surface area is 150 Å². The lowest BCUT2D eigenvalue weighted by atomic mass is 10.1. The number of aryl methyl sites for hydroxylation is 2. The van der Waals surface area contributed by atoms with E-state index in [1.807, 2.05) is 19.9 Å². The summed E-state index contributed by atoms with van der Waals surface area (Å²) in [6, 6.07) is 8.63. The quantitative estimate of drug-likeness (QED) is 0.355. The van der Waals surface area contributed by atoms with Crippen LogP contribution in [0.4, 0.5) is 11.4 Å². The van der Waals surface area contributed by atoms with Crippen LogP contribution in [0.3, 0.4) is 0 Å². The Morgan fingerprint density at radius 1 is 1.15 bits per heavy atom. The van der Waals surface area contributed by atoms with Gasteiger partial charge in [-0.15, -0.1) is 0 Å². The summed E-state index contributed by atoms with van der Waals surface area (Å²) in [5.41, 5.74) is 1.62. The van der Waals surface area contributed by atoms with E-state index < -0.39 is 26.4 Å². The molecule has 0 bridgehead atoms. The predicted molar refractivity (Wildman–Crippen MR) is 96.2 cm³/mol. The van der Waals surface area contributed by atoms with Gasteiger partial charge in [0, 0.05) is 12.3 Å². The van der Waals surface area contributed by atoms with E-state index in [1.165, 1.54) is 12.1 Å². The minimum absolute atomic E-state index is 0.0273. The Balaban J connectivity index is 2.11. The summed E-state index contributed by atoms with van der Waals surface area (Å²) in [6.07, 6.45) is 0.958. The highest BCUT2D eigenvalue weighted by molar-refractivity contribution is 7.90. The molecule has 0 fully saturated rings. The number of sulfone groups is 1. The minimum atomic E-state index is -3.58. The number of hydrogen-bond acceptors (Lipinski definition) is 7. The number of carbonyl (C=O) groups is 1. The van der Waals surface area contributed by atoms with Crippen LogP contribution in [0.15, 0.2) is 41.3 Å². The zero-order valence-electron chi connectivity index (χ0n) is 14.5. The molecule has 0 aliphatic rings. The molecule has 8 nitrogen and oxygen atoms in total. The second-order valence-electron chi connectivity index (χ2n) is 5.78. The monoisotopic (exact) mass is 378 g/mol. The van der Waals surface area contributed by atoms with E-state index in [-0.39, 0.29) is 17.1 Å². The van der Waals surface area contributed by atoms with E-state index in [1.54, 1.807) is 12.1 Å². The fraction of sp³-hybridized carbons (Fsp3) is 0.235. The van der Waals surface area contributed by atoms with E-state index in [0.29, 0.717) is 5.75 Å². The van der Waals surface area contributed by atoms with Crippen molar-refractivity contribution in [3.05, 3.63) is 57.6 Å². The fourth-order valence-corrected chi connectivity index (χ4v) is 2.80. The number of nitro benzene ring substituents is 1. The molecule has 138 valence electrons. The van der Waals surface area contributed by atoms with Crippen LogP contribution >= 0.6 is 0 Å². The first-order valence-corrected chi connectivity index (χ1v) is 9.47. The van der Waals surface area contributed by atoms with E-state index in [9.17, 15) is 23.3 Å². The highest BCUT2D eigenvalue weighted by Crippen LogP contribution is 2.27. The highest BCUT2D eigenvalue weighted by atomic mass is 32.2. The van der Waals surface area contributed by atoms with Crippen LogP contribution in [-0.2, 0) is 14.6 Å². The van der Waals surface area contributed by atoms with Crippen LogP contribution in [0, 0.1) is 24.0 Å². The van der Waals surface area contributed by atoms with Gasteiger partial charge in [0.25, 0.3) is 5.69 Å². The predicted octanol–water partition coefficient (Wildman–Crippen LogP) is 2.63. The molecule has 0 saturated heterocycles. The number of benzene rings is 2. The topological polar surface area (TPSA) is 116 Å². The van der Waals surface area contributed by atoms with Gasteiger partial charge >= 0.3 is 5.97 Å². The average Bonchev–Trinajstić information content (AvgIpc) is 2.55. The summed E-state index contributed by atoms with van der Waals surface area (Å²) in [7, 11) is -3.58. The largest absolute Gasteiger partial charge is 0.425 e. The van der Waals surface area contributed by atoms with Crippen LogP contribution in [-0.4, -0.2) is 32.1 Å². The van der Waals surface area contributed by atoms with Crippen molar-refractivity contribution in [2.45, 2.75) is 18.7 Å². The van der Waals surface area contributed by atoms with Gasteiger partial charge in [0.1, 0.15) is 18.0 Å². The van der Waals surface area contributed by atoms with Gasteiger partial charge in [0.05, 0.1) is 9.82 Å². The smallest absolute Gasteiger partial charge is 0.330 e. The second kappa shape index (κ2) is 7.52. The number of nitrogens with zero attached hydrogens (tertiary/aromatic N) is 1. The number of carbonyl (C=O) groups excluding carboxylic acids is 1. The van der Waals surface area contributed by atoms with Crippen molar-refractivity contribution in [3.63, 3.8) is 0 Å². The minimum Gasteiger partial charge on any atom is -0.425 e. The maximum absolute atomic E-state index is 11.9. The van der Waals surface area contributed by atoms with Crippen LogP contribution in [0.1, 0.15) is 11.1 Å². The Hall–Kier alpha value is -2.94. The maximum Gasteiger partial charge on any atom is 0.330 e. The van der Waals surface area contributed by atoms with Crippen molar-refractivity contribution in [2.24, 2.45) is 0 Å². The molecule has 26 heavy (non-hydrogen) atoms. The summed E-state index contributed by atoms with van der Waals surface area (Å²) in [5, 5.41) is 13.8. The van der Waals surface area contributed by atoms with Crippen LogP contribution in [0.25, 0.3) is 0 Å². The van der Waals surface area contributed by atoms with Crippen molar-refractivity contribution in [2.75, 3.05) is 18.1 Å². The number of nitro groups is 1. The molecule has 0 aliphatic heterocycles. The molecule has 0 atom stereocenters. The first kappa shape index (κ1) is 19.4. The molecule has 0 spiro atoms. The van der Waals surface area contributed by atoms with Crippen molar-refractivity contribution < 1.29 is 22.9 Å². The van der Waals surface area contributed by atoms with Crippen molar-refractivity contribution >= 4 is 27.2 Å². The lowest BCUT2D eigenvalue weighted by Crippen LogP contribution is -2.20. The molecule has 9 heteroatoms. The molecule has 2 aromatic carbocycles. The van der Waals surface area contributed by atoms with E-state index >= 15 is 0 Å². The lowest BCUT2D eigenvalue weighted by Gasteiger charge is -2.09. The Bertz CT molecular complexity index is 969. The first-order valence-electron chi connectivity index (χ1n) is 7.58. The summed E-state index contributed by atoms with van der Waals surface area (Å²) in [5.74, 6) is -0.253. The number of rotatable bonds is 6. The Morgan fingerprint density at radius 2 is 1.85 bits per heavy atom. The summed E-state index contributed by atoms with van der Waals surface area (Å²) in [4.78, 5) is 22.2. The first-order chi connectivity index (χ1) is 12.1. The molecule has 1 N–H and O–H groups in total. The molecule has 2 rings (SSSR count). The van der Waals surface area contributed by atoms with Crippen LogP contribution in [0.5, 0.6) is 5.75 Å². The number of hydrogen-bond donors (Lipinski definition) is 1. The molecular weight excluding hydrogens is 360 g/mol. The summed E-state index contributed by atoms with van der Waals surface area (Å²) < 4.78 is 28.2. The van der Waals surface area contributed by atoms with Gasteiger partial charge in [-0.1, -0.05) is 6.07 Å². The van der Waals surface area contributed by atoms with Crippen molar-refractivity contribution in [1.29, 1.82) is 0 Å². The molecule has 0 saturated carbocycles. The molecule has 0 unspecified atom stereocenters. The maximum atomic E-state index is 11.9. The molecule has 0 aliphatic carbocycles. The standard InChI is InChI=1S/C17H18N2O6S/c1-11-4-5-13(8-12(11)2)25-17(20)10-18-15-7-6-14(26(3,23)24)9-16(15)19(21)22/h4-9,18H,10H2,1-3H3. The van der Waals surface area contributed by atoms with E-state index in [2.05, 4.69) is 5.32 Å². The number of ether oxygens (including phenoxy) is 1. The summed E-state index contributed by atoms with van der Waals surface area (Å²) >= 11 is 0. The third kappa shape index (κ3) is 4.79. The van der Waals surface area contributed by atoms with E-state index in [4.69, 9.17) is 4.74 Å². The second-order valence-corrected chi connectivity index (χ2v) is 7.80. The van der Waals surface area contributed by atoms with Crippen molar-refractivity contribution in [1.82, 2.24) is 0 Å². The van der Waals surface area contributed by atoms with Gasteiger partial charge < -0.3 is 10.1 Å². The zero-order valence-corrected chi connectivity index (χ0v) is 15.3. The number of nitrogens with one attached hydrogen (secondary N) is 1. The SMILES string of the molecule is Cc1ccc(OC(=O)CNc2ccc(S(C)(=O)=O)cc2[N+](=O)[O-])cc1C. The van der Waals surface area contributed by atoms with Gasteiger partial charge in [0.15, 0.2) is 9.84 Å². The van der Waals surface area contributed by atoms with Crippen molar-refractivity contribution in [3.8, 4) is 5.75 Å². The number of anilines is 1. The van der Waals surface area contributed by atoms with Crippen LogP contribution in [0.2, 0.25) is 0 Å². The third-order valence-corrected chi connectivity index (χ3v) is 4.84. The van der Waals surface area contributed by atoms with Gasteiger partial charge in [0.2, 0.25) is 0 Å². The molecule has 0 radical (unpaired) electrons. The highest BCUT2D eigenvalue weighted by Gasteiger charge is 2.19. The fourth-order valence-electron chi connectivity index (χ4n) is 2.15. The van der Waals surface area contributed by atoms with E-state index in [0.717, 1.165) is 23.4 Å². The average molecular weight is 378 g/mol. The molecule has 2 aromatic rings. The number of esters is 1. The van der Waals surface area contributed by atoms with Gasteiger partial charge in [-0.3, -0.25) is 10.1 Å². The van der Waals surface area contributed by atoms with Crippen LogP contribution < -0.4 is 10.1 Å². The Kier molecular flexibility index (Phi) is 5.61. The molecular formula is C17H18N2O6S.